The van der Waals surface area contributed by atoms with E-state index in [-0.39, 0.29) is 0 Å². The lowest BCUT2D eigenvalue weighted by atomic mass is 10.2. The molecule has 1 aromatic carbocycles. The molecule has 17 heavy (non-hydrogen) atoms. The lowest BCUT2D eigenvalue weighted by Crippen LogP contribution is -2.40. The second kappa shape index (κ2) is 5.89. The van der Waals surface area contributed by atoms with Crippen molar-refractivity contribution in [2.75, 3.05) is 0 Å². The van der Waals surface area contributed by atoms with Crippen LogP contribution in [0.1, 0.15) is 26.3 Å². The van der Waals surface area contributed by atoms with Gasteiger partial charge in [-0.05, 0) is 38.5 Å². The standard InChI is InChI=1S/C12H17ClN2O2/c1-12(2,3)17-11(16)15-14-8-9-5-4-6-10(13)7-9/h4-7,14H,8H2,1-3H3,(H,15,16). The molecular formula is C12H17ClN2O2. The summed E-state index contributed by atoms with van der Waals surface area (Å²) in [6.07, 6.45) is -0.500. The number of rotatable bonds is 3. The Kier molecular flexibility index (Phi) is 4.78. The molecule has 2 N–H and O–H groups in total. The van der Waals surface area contributed by atoms with Gasteiger partial charge < -0.3 is 4.74 Å². The molecule has 94 valence electrons. The molecule has 0 saturated heterocycles. The van der Waals surface area contributed by atoms with Crippen molar-refractivity contribution in [3.8, 4) is 0 Å². The summed E-state index contributed by atoms with van der Waals surface area (Å²) in [6.45, 7) is 5.91. The third-order valence-electron chi connectivity index (χ3n) is 1.77. The highest BCUT2D eigenvalue weighted by Crippen LogP contribution is 2.10. The SMILES string of the molecule is CC(C)(C)OC(=O)NNCc1cccc(Cl)c1. The lowest BCUT2D eigenvalue weighted by molar-refractivity contribution is 0.0497. The van der Waals surface area contributed by atoms with Crippen molar-refractivity contribution in [1.29, 1.82) is 0 Å². The van der Waals surface area contributed by atoms with Gasteiger partial charge in [0, 0.05) is 11.6 Å². The molecule has 4 nitrogen and oxygen atoms in total. The Morgan fingerprint density at radius 2 is 2.12 bits per heavy atom. The molecule has 1 rings (SSSR count). The predicted octanol–water partition coefficient (Wildman–Crippen LogP) is 2.87. The van der Waals surface area contributed by atoms with E-state index in [9.17, 15) is 4.79 Å². The number of hydrogen-bond acceptors (Lipinski definition) is 3. The first-order valence-electron chi connectivity index (χ1n) is 5.33. The topological polar surface area (TPSA) is 50.4 Å². The van der Waals surface area contributed by atoms with Crippen molar-refractivity contribution < 1.29 is 9.53 Å². The van der Waals surface area contributed by atoms with Crippen LogP contribution in [0.4, 0.5) is 4.79 Å². The Hall–Kier alpha value is -1.26. The highest BCUT2D eigenvalue weighted by atomic mass is 35.5. The van der Waals surface area contributed by atoms with E-state index in [0.717, 1.165) is 5.56 Å². The molecule has 0 aliphatic rings. The van der Waals surface area contributed by atoms with Crippen LogP contribution in [0.3, 0.4) is 0 Å². The van der Waals surface area contributed by atoms with Crippen molar-refractivity contribution in [3.63, 3.8) is 0 Å². The van der Waals surface area contributed by atoms with E-state index in [0.29, 0.717) is 11.6 Å². The number of carbonyl (C=O) groups excluding carboxylic acids is 1. The highest BCUT2D eigenvalue weighted by molar-refractivity contribution is 6.30. The van der Waals surface area contributed by atoms with Crippen LogP contribution in [0, 0.1) is 0 Å². The molecular weight excluding hydrogens is 240 g/mol. The molecule has 0 bridgehead atoms. The van der Waals surface area contributed by atoms with Crippen LogP contribution in [0.5, 0.6) is 0 Å². The molecule has 0 spiro atoms. The zero-order valence-corrected chi connectivity index (χ0v) is 11.0. The van der Waals surface area contributed by atoms with Crippen LogP contribution in [-0.2, 0) is 11.3 Å². The summed E-state index contributed by atoms with van der Waals surface area (Å²) < 4.78 is 5.06. The first kappa shape index (κ1) is 13.8. The number of amides is 1. The van der Waals surface area contributed by atoms with Gasteiger partial charge in [0.05, 0.1) is 0 Å². The Bertz CT molecular complexity index is 388. The third kappa shape index (κ3) is 6.14. The largest absolute Gasteiger partial charge is 0.443 e. The van der Waals surface area contributed by atoms with E-state index in [1.54, 1.807) is 6.07 Å². The zero-order chi connectivity index (χ0) is 12.9. The van der Waals surface area contributed by atoms with Gasteiger partial charge in [-0.25, -0.2) is 10.2 Å². The van der Waals surface area contributed by atoms with Gasteiger partial charge >= 0.3 is 6.09 Å². The average molecular weight is 257 g/mol. The van der Waals surface area contributed by atoms with Crippen molar-refractivity contribution in [1.82, 2.24) is 10.9 Å². The predicted molar refractivity (Wildman–Crippen MR) is 67.7 cm³/mol. The summed E-state index contributed by atoms with van der Waals surface area (Å²) >= 11 is 5.83. The monoisotopic (exact) mass is 256 g/mol. The molecule has 0 radical (unpaired) electrons. The normalized spacial score (nSPS) is 11.1. The van der Waals surface area contributed by atoms with Gasteiger partial charge in [-0.3, -0.25) is 5.43 Å². The highest BCUT2D eigenvalue weighted by Gasteiger charge is 2.15. The van der Waals surface area contributed by atoms with E-state index in [1.165, 1.54) is 0 Å². The van der Waals surface area contributed by atoms with Crippen molar-refractivity contribution in [2.24, 2.45) is 0 Å². The second-order valence-corrected chi connectivity index (χ2v) is 5.05. The summed E-state index contributed by atoms with van der Waals surface area (Å²) in [5, 5.41) is 0.668. The van der Waals surface area contributed by atoms with Gasteiger partial charge in [0.1, 0.15) is 5.60 Å². The van der Waals surface area contributed by atoms with Gasteiger partial charge in [0.25, 0.3) is 0 Å². The zero-order valence-electron chi connectivity index (χ0n) is 10.2. The van der Waals surface area contributed by atoms with Crippen LogP contribution < -0.4 is 10.9 Å². The van der Waals surface area contributed by atoms with Gasteiger partial charge in [0.2, 0.25) is 0 Å². The van der Waals surface area contributed by atoms with Gasteiger partial charge in [-0.1, -0.05) is 23.7 Å². The van der Waals surface area contributed by atoms with E-state index >= 15 is 0 Å². The Morgan fingerprint density at radius 1 is 1.41 bits per heavy atom. The molecule has 0 aliphatic carbocycles. The molecule has 0 atom stereocenters. The van der Waals surface area contributed by atoms with E-state index in [1.807, 2.05) is 39.0 Å². The number of halogens is 1. The molecule has 0 aliphatic heterocycles. The number of benzene rings is 1. The minimum Gasteiger partial charge on any atom is -0.443 e. The first-order chi connectivity index (χ1) is 7.87. The molecule has 0 fully saturated rings. The van der Waals surface area contributed by atoms with Crippen LogP contribution in [0.15, 0.2) is 24.3 Å². The third-order valence-corrected chi connectivity index (χ3v) is 2.01. The Balaban J connectivity index is 2.31. The smallest absolute Gasteiger partial charge is 0.422 e. The van der Waals surface area contributed by atoms with Gasteiger partial charge in [-0.2, -0.15) is 0 Å². The maximum atomic E-state index is 11.3. The number of carbonyl (C=O) groups is 1. The van der Waals surface area contributed by atoms with Gasteiger partial charge in [-0.15, -0.1) is 0 Å². The molecule has 5 heteroatoms. The number of hydrazine groups is 1. The first-order valence-corrected chi connectivity index (χ1v) is 5.71. The van der Waals surface area contributed by atoms with Crippen molar-refractivity contribution >= 4 is 17.7 Å². The Morgan fingerprint density at radius 3 is 2.71 bits per heavy atom. The number of ether oxygens (including phenoxy) is 1. The summed E-state index contributed by atoms with van der Waals surface area (Å²) in [7, 11) is 0. The van der Waals surface area contributed by atoms with Gasteiger partial charge in [0.15, 0.2) is 0 Å². The van der Waals surface area contributed by atoms with E-state index in [2.05, 4.69) is 10.9 Å². The Labute approximate surface area is 106 Å². The lowest BCUT2D eigenvalue weighted by Gasteiger charge is -2.19. The molecule has 0 unspecified atom stereocenters. The molecule has 1 amide bonds. The quantitative estimate of drug-likeness (QED) is 0.818. The maximum absolute atomic E-state index is 11.3. The summed E-state index contributed by atoms with van der Waals surface area (Å²) in [6, 6.07) is 7.39. The van der Waals surface area contributed by atoms with Crippen molar-refractivity contribution in [2.45, 2.75) is 32.9 Å². The molecule has 0 heterocycles. The molecule has 0 aromatic heterocycles. The number of nitrogens with one attached hydrogen (secondary N) is 2. The van der Waals surface area contributed by atoms with Crippen LogP contribution in [0.25, 0.3) is 0 Å². The summed E-state index contributed by atoms with van der Waals surface area (Å²) in [5.74, 6) is 0. The molecule has 0 saturated carbocycles. The second-order valence-electron chi connectivity index (χ2n) is 4.61. The van der Waals surface area contributed by atoms with Crippen LogP contribution >= 0.6 is 11.6 Å². The minimum atomic E-state index is -0.500. The maximum Gasteiger partial charge on any atom is 0.422 e. The fraction of sp³-hybridized carbons (Fsp3) is 0.417. The van der Waals surface area contributed by atoms with Crippen molar-refractivity contribution in [3.05, 3.63) is 34.9 Å². The fourth-order valence-corrected chi connectivity index (χ4v) is 1.38. The van der Waals surface area contributed by atoms with E-state index < -0.39 is 11.7 Å². The minimum absolute atomic E-state index is 0.486. The summed E-state index contributed by atoms with van der Waals surface area (Å²) in [5.41, 5.74) is 5.70. The van der Waals surface area contributed by atoms with Crippen LogP contribution in [0.2, 0.25) is 5.02 Å². The average Bonchev–Trinajstić information content (AvgIpc) is 2.14. The number of hydrogen-bond donors (Lipinski definition) is 2. The van der Waals surface area contributed by atoms with E-state index in [4.69, 9.17) is 16.3 Å². The van der Waals surface area contributed by atoms with Crippen LogP contribution in [-0.4, -0.2) is 11.7 Å². The fourth-order valence-electron chi connectivity index (χ4n) is 1.17. The summed E-state index contributed by atoms with van der Waals surface area (Å²) in [4.78, 5) is 11.3. The molecule has 1 aromatic rings.